The zero-order chi connectivity index (χ0) is 25.7. The highest BCUT2D eigenvalue weighted by Gasteiger charge is 2.20. The maximum atomic E-state index is 13.3. The third-order valence-corrected chi connectivity index (χ3v) is 6.36. The first kappa shape index (κ1) is 24.9. The van der Waals surface area contributed by atoms with Crippen molar-refractivity contribution < 1.29 is 17.9 Å². The molecule has 0 atom stereocenters. The Hall–Kier alpha value is -4.22. The van der Waals surface area contributed by atoms with Crippen molar-refractivity contribution in [3.63, 3.8) is 0 Å². The number of carbonyl (C=O) groups excluding carboxylic acids is 1. The highest BCUT2D eigenvalue weighted by atomic mass is 32.2. The molecular formula is C25H26N6O4S. The molecule has 0 spiro atoms. The number of benzene rings is 3. The van der Waals surface area contributed by atoms with Crippen molar-refractivity contribution in [2.45, 2.75) is 4.90 Å². The first-order valence-electron chi connectivity index (χ1n) is 11.0. The van der Waals surface area contributed by atoms with Gasteiger partial charge in [0.1, 0.15) is 5.75 Å². The highest BCUT2D eigenvalue weighted by molar-refractivity contribution is 7.92. The average Bonchev–Trinajstić information content (AvgIpc) is 2.84. The standard InChI is InChI=1S/C25H26N6O4S/c1-31(2)16-23(32)26-18-9-7-11-20(15-18)36(33,34)30-25-24(27-17-8-6-10-19(14-17)35-3)28-21-12-4-5-13-22(21)29-25/h4-15H,16H2,1-3H3,(H,26,32)(H,27,28)(H,29,30). The second-order valence-corrected chi connectivity index (χ2v) is 9.87. The van der Waals surface area contributed by atoms with Crippen LogP contribution in [0, 0.1) is 0 Å². The summed E-state index contributed by atoms with van der Waals surface area (Å²) < 4.78 is 34.4. The second kappa shape index (κ2) is 10.6. The lowest BCUT2D eigenvalue weighted by Gasteiger charge is -2.15. The van der Waals surface area contributed by atoms with Crippen LogP contribution in [0.3, 0.4) is 0 Å². The summed E-state index contributed by atoms with van der Waals surface area (Å²) in [5.74, 6) is 0.622. The number of anilines is 4. The lowest BCUT2D eigenvalue weighted by Crippen LogP contribution is -2.27. The first-order valence-corrected chi connectivity index (χ1v) is 12.5. The lowest BCUT2D eigenvalue weighted by molar-refractivity contribution is -0.116. The van der Waals surface area contributed by atoms with Gasteiger partial charge in [-0.3, -0.25) is 9.52 Å². The SMILES string of the molecule is COc1cccc(Nc2nc3ccccc3nc2NS(=O)(=O)c2cccc(NC(=O)CN(C)C)c2)c1. The number of nitrogens with one attached hydrogen (secondary N) is 3. The molecule has 10 nitrogen and oxygen atoms in total. The van der Waals surface area contributed by atoms with Crippen molar-refractivity contribution in [1.82, 2.24) is 14.9 Å². The van der Waals surface area contributed by atoms with Crippen LogP contribution in [0.4, 0.5) is 23.0 Å². The van der Waals surface area contributed by atoms with Gasteiger partial charge in [-0.1, -0.05) is 24.3 Å². The molecule has 186 valence electrons. The molecule has 1 amide bonds. The molecule has 3 N–H and O–H groups in total. The maximum absolute atomic E-state index is 13.3. The minimum atomic E-state index is -4.07. The van der Waals surface area contributed by atoms with Crippen LogP contribution in [0.25, 0.3) is 11.0 Å². The van der Waals surface area contributed by atoms with E-state index in [-0.39, 0.29) is 29.0 Å². The minimum absolute atomic E-state index is 0.0265. The fourth-order valence-electron chi connectivity index (χ4n) is 3.41. The summed E-state index contributed by atoms with van der Waals surface area (Å²) in [7, 11) is 1.03. The summed E-state index contributed by atoms with van der Waals surface area (Å²) in [6, 6.07) is 20.3. The van der Waals surface area contributed by atoms with Crippen molar-refractivity contribution in [3.8, 4) is 5.75 Å². The Balaban J connectivity index is 1.67. The van der Waals surface area contributed by atoms with E-state index in [1.807, 2.05) is 6.07 Å². The van der Waals surface area contributed by atoms with E-state index in [0.29, 0.717) is 28.2 Å². The van der Waals surface area contributed by atoms with E-state index in [1.54, 1.807) is 80.7 Å². The van der Waals surface area contributed by atoms with Crippen LogP contribution in [0.5, 0.6) is 5.75 Å². The van der Waals surface area contributed by atoms with Gasteiger partial charge < -0.3 is 20.3 Å². The van der Waals surface area contributed by atoms with E-state index >= 15 is 0 Å². The van der Waals surface area contributed by atoms with E-state index in [0.717, 1.165) is 0 Å². The molecule has 36 heavy (non-hydrogen) atoms. The Morgan fingerprint density at radius 1 is 0.889 bits per heavy atom. The van der Waals surface area contributed by atoms with Crippen molar-refractivity contribution in [3.05, 3.63) is 72.8 Å². The summed E-state index contributed by atoms with van der Waals surface area (Å²) in [4.78, 5) is 22.9. The zero-order valence-corrected chi connectivity index (χ0v) is 20.8. The molecule has 3 aromatic carbocycles. The third-order valence-electron chi connectivity index (χ3n) is 5.02. The molecule has 0 aliphatic carbocycles. The number of rotatable bonds is 9. The molecule has 1 aromatic heterocycles. The molecule has 11 heteroatoms. The number of carbonyl (C=O) groups is 1. The van der Waals surface area contributed by atoms with Gasteiger partial charge in [-0.15, -0.1) is 0 Å². The third kappa shape index (κ3) is 6.06. The molecule has 4 rings (SSSR count). The van der Waals surface area contributed by atoms with Gasteiger partial charge in [-0.25, -0.2) is 18.4 Å². The number of hydrogen-bond acceptors (Lipinski definition) is 8. The van der Waals surface area contributed by atoms with Crippen LogP contribution < -0.4 is 20.1 Å². The van der Waals surface area contributed by atoms with Gasteiger partial charge in [0.2, 0.25) is 5.91 Å². The summed E-state index contributed by atoms with van der Waals surface area (Å²) in [6.07, 6.45) is 0. The number of para-hydroxylation sites is 2. The molecule has 0 saturated carbocycles. The van der Waals surface area contributed by atoms with Crippen LogP contribution >= 0.6 is 0 Å². The second-order valence-electron chi connectivity index (χ2n) is 8.19. The van der Waals surface area contributed by atoms with Gasteiger partial charge in [-0.2, -0.15) is 0 Å². The van der Waals surface area contributed by atoms with Gasteiger partial charge in [0.25, 0.3) is 10.0 Å². The van der Waals surface area contributed by atoms with E-state index in [1.165, 1.54) is 12.1 Å². The fourth-order valence-corrected chi connectivity index (χ4v) is 4.47. The summed E-state index contributed by atoms with van der Waals surface area (Å²) in [5.41, 5.74) is 2.13. The Bertz CT molecular complexity index is 1510. The van der Waals surface area contributed by atoms with Gasteiger partial charge in [0.15, 0.2) is 11.6 Å². The van der Waals surface area contributed by atoms with E-state index in [4.69, 9.17) is 4.74 Å². The normalized spacial score (nSPS) is 11.3. The monoisotopic (exact) mass is 506 g/mol. The molecule has 1 heterocycles. The Labute approximate surface area is 209 Å². The number of likely N-dealkylation sites (N-methyl/N-ethyl adjacent to an activating group) is 1. The Morgan fingerprint density at radius 2 is 1.56 bits per heavy atom. The number of ether oxygens (including phenoxy) is 1. The Kier molecular flexibility index (Phi) is 7.32. The van der Waals surface area contributed by atoms with Crippen molar-refractivity contribution >= 4 is 50.0 Å². The van der Waals surface area contributed by atoms with Gasteiger partial charge in [0, 0.05) is 17.4 Å². The van der Waals surface area contributed by atoms with E-state index < -0.39 is 10.0 Å². The van der Waals surface area contributed by atoms with Gasteiger partial charge >= 0.3 is 0 Å². The predicted octanol–water partition coefficient (Wildman–Crippen LogP) is 3.68. The number of amides is 1. The number of hydrogen-bond donors (Lipinski definition) is 3. The van der Waals surface area contributed by atoms with Crippen LogP contribution in [0.1, 0.15) is 0 Å². The maximum Gasteiger partial charge on any atom is 0.263 e. The minimum Gasteiger partial charge on any atom is -0.497 e. The molecule has 0 unspecified atom stereocenters. The van der Waals surface area contributed by atoms with Crippen LogP contribution in [0.15, 0.2) is 77.7 Å². The topological polar surface area (TPSA) is 126 Å². The molecule has 0 aliphatic heterocycles. The highest BCUT2D eigenvalue weighted by Crippen LogP contribution is 2.29. The van der Waals surface area contributed by atoms with Gasteiger partial charge in [-0.05, 0) is 56.6 Å². The van der Waals surface area contributed by atoms with Crippen molar-refractivity contribution in [1.29, 1.82) is 0 Å². The summed E-state index contributed by atoms with van der Waals surface area (Å²) >= 11 is 0. The first-order chi connectivity index (χ1) is 17.2. The van der Waals surface area contributed by atoms with Gasteiger partial charge in [0.05, 0.1) is 29.6 Å². The van der Waals surface area contributed by atoms with Crippen LogP contribution in [0.2, 0.25) is 0 Å². The number of aromatic nitrogens is 2. The summed E-state index contributed by atoms with van der Waals surface area (Å²) in [6.45, 7) is 0.168. The quantitative estimate of drug-likeness (QED) is 0.314. The number of methoxy groups -OCH3 is 1. The predicted molar refractivity (Wildman–Crippen MR) is 140 cm³/mol. The molecule has 0 fully saturated rings. The molecule has 0 bridgehead atoms. The van der Waals surface area contributed by atoms with E-state index in [9.17, 15) is 13.2 Å². The average molecular weight is 507 g/mol. The summed E-state index contributed by atoms with van der Waals surface area (Å²) in [5, 5.41) is 5.83. The largest absolute Gasteiger partial charge is 0.497 e. The number of sulfonamides is 1. The molecule has 4 aromatic rings. The number of fused-ring (bicyclic) bond motifs is 1. The van der Waals surface area contributed by atoms with Crippen molar-refractivity contribution in [2.24, 2.45) is 0 Å². The smallest absolute Gasteiger partial charge is 0.263 e. The molecule has 0 aliphatic rings. The molecule has 0 radical (unpaired) electrons. The Morgan fingerprint density at radius 3 is 2.25 bits per heavy atom. The fraction of sp³-hybridized carbons (Fsp3) is 0.160. The zero-order valence-electron chi connectivity index (χ0n) is 20.0. The number of nitrogens with zero attached hydrogens (tertiary/aromatic N) is 3. The van der Waals surface area contributed by atoms with Crippen molar-refractivity contribution in [2.75, 3.05) is 43.1 Å². The van der Waals surface area contributed by atoms with Crippen LogP contribution in [-0.4, -0.2) is 56.9 Å². The molecular weight excluding hydrogens is 480 g/mol. The van der Waals surface area contributed by atoms with E-state index in [2.05, 4.69) is 25.3 Å². The molecule has 0 saturated heterocycles. The van der Waals surface area contributed by atoms with Crippen LogP contribution in [-0.2, 0) is 14.8 Å². The lowest BCUT2D eigenvalue weighted by atomic mass is 10.3.